The second kappa shape index (κ2) is 4.79. The Kier molecular flexibility index (Phi) is 4.33. The van der Waals surface area contributed by atoms with Crippen molar-refractivity contribution in [1.82, 2.24) is 13.0 Å². The van der Waals surface area contributed by atoms with Crippen molar-refractivity contribution in [3.05, 3.63) is 0 Å². The van der Waals surface area contributed by atoms with E-state index in [4.69, 9.17) is 11.8 Å². The van der Waals surface area contributed by atoms with Crippen LogP contribution in [0.5, 0.6) is 0 Å². The van der Waals surface area contributed by atoms with E-state index in [0.29, 0.717) is 0 Å². The lowest BCUT2D eigenvalue weighted by atomic mass is 10.8. The molecule has 66 valence electrons. The van der Waals surface area contributed by atoms with E-state index in [2.05, 4.69) is 21.1 Å². The molecule has 0 amide bonds. The molecule has 0 aromatic carbocycles. The molecule has 6 heteroatoms. The van der Waals surface area contributed by atoms with Gasteiger partial charge in [-0.2, -0.15) is 4.42 Å². The molecule has 11 heavy (non-hydrogen) atoms. The van der Waals surface area contributed by atoms with Gasteiger partial charge in [0.05, 0.1) is 20.0 Å². The lowest BCUT2D eigenvalue weighted by molar-refractivity contribution is 0.151. The molecule has 0 atom stereocenters. The first-order valence-corrected chi connectivity index (χ1v) is 5.95. The maximum Gasteiger partial charge on any atom is 0.0780 e. The van der Waals surface area contributed by atoms with Gasteiger partial charge in [0.15, 0.2) is 0 Å². The van der Waals surface area contributed by atoms with E-state index in [9.17, 15) is 0 Å². The number of hydrogen-bond donors (Lipinski definition) is 0. The lowest BCUT2D eigenvalue weighted by Gasteiger charge is -2.36. The number of hydrogen-bond acceptors (Lipinski definition) is 5. The molecule has 0 aromatic rings. The molecule has 0 N–H and O–H groups in total. The van der Waals surface area contributed by atoms with Crippen LogP contribution in [-0.2, 0) is 0 Å². The first kappa shape index (κ1) is 9.95. The summed E-state index contributed by atoms with van der Waals surface area (Å²) in [5, 5.41) is 0. The summed E-state index contributed by atoms with van der Waals surface area (Å²) in [5.74, 6) is 0. The predicted octanol–water partition coefficient (Wildman–Crippen LogP) is 1.49. The van der Waals surface area contributed by atoms with Gasteiger partial charge in [-0.15, -0.1) is 0 Å². The molecule has 0 bridgehead atoms. The Labute approximate surface area is 81.4 Å². The molecule has 0 spiro atoms. The van der Waals surface area contributed by atoms with Gasteiger partial charge in [0.1, 0.15) is 0 Å². The summed E-state index contributed by atoms with van der Waals surface area (Å²) in [4.78, 5) is 0. The van der Waals surface area contributed by atoms with Crippen molar-refractivity contribution in [2.45, 2.75) is 0 Å². The number of rotatable bonds is 2. The molecule has 1 rings (SSSR count). The van der Waals surface area contributed by atoms with E-state index in [1.165, 1.54) is 0 Å². The fraction of sp³-hybridized carbons (Fsp3) is 1.00. The van der Waals surface area contributed by atoms with E-state index in [-0.39, 0.29) is 0 Å². The van der Waals surface area contributed by atoms with E-state index >= 15 is 0 Å². The second-order valence-corrected chi connectivity index (χ2v) is 4.46. The van der Waals surface area contributed by atoms with Gasteiger partial charge in [0.2, 0.25) is 0 Å². The van der Waals surface area contributed by atoms with Crippen molar-refractivity contribution in [3.63, 3.8) is 0 Å². The fourth-order valence-corrected chi connectivity index (χ4v) is 2.36. The van der Waals surface area contributed by atoms with E-state index in [0.717, 1.165) is 20.0 Å². The van der Waals surface area contributed by atoms with Crippen LogP contribution >= 0.6 is 35.7 Å². The smallest absolute Gasteiger partial charge is 0.0780 e. The zero-order valence-electron chi connectivity index (χ0n) is 6.66. The van der Waals surface area contributed by atoms with E-state index in [1.807, 2.05) is 0 Å². The highest BCUT2D eigenvalue weighted by atomic mass is 35.5. The average molecular weight is 214 g/mol. The molecule has 0 saturated carbocycles. The van der Waals surface area contributed by atoms with Crippen LogP contribution in [0.2, 0.25) is 0 Å². The second-order valence-electron chi connectivity index (χ2n) is 2.22. The van der Waals surface area contributed by atoms with Gasteiger partial charge in [0.25, 0.3) is 0 Å². The highest BCUT2D eigenvalue weighted by molar-refractivity contribution is 7.97. The van der Waals surface area contributed by atoms with Gasteiger partial charge < -0.3 is 0 Å². The van der Waals surface area contributed by atoms with Crippen molar-refractivity contribution < 1.29 is 0 Å². The van der Waals surface area contributed by atoms with Crippen LogP contribution in [0.25, 0.3) is 0 Å². The molecule has 3 nitrogen and oxygen atoms in total. The fourth-order valence-electron chi connectivity index (χ4n) is 0.883. The SMILES string of the molecule is CSN1CN(Cl)CN(SC)C1. The Balaban J connectivity index is 2.37. The molecular weight excluding hydrogens is 202 g/mol. The van der Waals surface area contributed by atoms with Crippen molar-refractivity contribution >= 4 is 35.7 Å². The molecule has 1 heterocycles. The van der Waals surface area contributed by atoms with Crippen LogP contribution in [0.4, 0.5) is 0 Å². The van der Waals surface area contributed by atoms with Crippen molar-refractivity contribution in [1.29, 1.82) is 0 Å². The first-order valence-electron chi connectivity index (χ1n) is 3.25. The normalized spacial score (nSPS) is 24.3. The highest BCUT2D eigenvalue weighted by Crippen LogP contribution is 2.19. The third-order valence-electron chi connectivity index (χ3n) is 1.45. The summed E-state index contributed by atoms with van der Waals surface area (Å²) in [6.07, 6.45) is 4.13. The van der Waals surface area contributed by atoms with Gasteiger partial charge in [-0.05, 0) is 24.3 Å². The Morgan fingerprint density at radius 1 is 1.00 bits per heavy atom. The maximum absolute atomic E-state index is 5.89. The Morgan fingerprint density at radius 3 is 1.82 bits per heavy atom. The van der Waals surface area contributed by atoms with E-state index in [1.54, 1.807) is 28.3 Å². The Bertz CT molecular complexity index is 114. The van der Waals surface area contributed by atoms with Crippen molar-refractivity contribution in [2.24, 2.45) is 0 Å². The zero-order chi connectivity index (χ0) is 8.27. The van der Waals surface area contributed by atoms with E-state index < -0.39 is 0 Å². The summed E-state index contributed by atoms with van der Waals surface area (Å²) >= 11 is 9.33. The minimum atomic E-state index is 0.833. The molecule has 0 aliphatic carbocycles. The molecule has 0 aromatic heterocycles. The Hall–Kier alpha value is 0.870. The summed E-state index contributed by atoms with van der Waals surface area (Å²) < 4.78 is 6.18. The van der Waals surface area contributed by atoms with Crippen LogP contribution in [-0.4, -0.2) is 45.5 Å². The molecular formula is C5H12ClN3S2. The molecule has 1 aliphatic heterocycles. The third kappa shape index (κ3) is 3.01. The maximum atomic E-state index is 5.89. The van der Waals surface area contributed by atoms with Gasteiger partial charge >= 0.3 is 0 Å². The standard InChI is InChI=1S/C5H12ClN3S2/c1-10-8-3-7(6)4-9(5-8)11-2/h3-5H2,1-2H3. The summed E-state index contributed by atoms with van der Waals surface area (Å²) in [5.41, 5.74) is 0. The predicted molar refractivity (Wildman–Crippen MR) is 53.0 cm³/mol. The third-order valence-corrected chi connectivity index (χ3v) is 3.16. The zero-order valence-corrected chi connectivity index (χ0v) is 9.05. The van der Waals surface area contributed by atoms with Crippen LogP contribution in [0.1, 0.15) is 0 Å². The summed E-state index contributed by atoms with van der Waals surface area (Å²) in [6, 6.07) is 0. The molecule has 0 radical (unpaired) electrons. The van der Waals surface area contributed by atoms with Gasteiger partial charge in [-0.3, -0.25) is 0 Å². The van der Waals surface area contributed by atoms with Crippen LogP contribution in [0.15, 0.2) is 0 Å². The molecule has 1 saturated heterocycles. The van der Waals surface area contributed by atoms with Gasteiger partial charge in [-0.1, -0.05) is 23.9 Å². The number of nitrogens with zero attached hydrogens (tertiary/aromatic N) is 3. The quantitative estimate of drug-likeness (QED) is 0.507. The first-order chi connectivity index (χ1) is 5.26. The lowest BCUT2D eigenvalue weighted by Crippen LogP contribution is -2.45. The van der Waals surface area contributed by atoms with Gasteiger partial charge in [-0.25, -0.2) is 8.61 Å². The van der Waals surface area contributed by atoms with Crippen molar-refractivity contribution in [2.75, 3.05) is 32.5 Å². The molecule has 1 aliphatic rings. The minimum absolute atomic E-state index is 0.833. The average Bonchev–Trinajstić information content (AvgIpc) is 2.03. The van der Waals surface area contributed by atoms with Crippen LogP contribution in [0, 0.1) is 0 Å². The topological polar surface area (TPSA) is 9.72 Å². The minimum Gasteiger partial charge on any atom is -0.221 e. The molecule has 1 fully saturated rings. The molecule has 0 unspecified atom stereocenters. The van der Waals surface area contributed by atoms with Crippen LogP contribution < -0.4 is 0 Å². The summed E-state index contributed by atoms with van der Waals surface area (Å²) in [7, 11) is 0. The Morgan fingerprint density at radius 2 is 1.45 bits per heavy atom. The highest BCUT2D eigenvalue weighted by Gasteiger charge is 2.20. The van der Waals surface area contributed by atoms with Crippen molar-refractivity contribution in [3.8, 4) is 0 Å². The number of halogens is 1. The monoisotopic (exact) mass is 213 g/mol. The van der Waals surface area contributed by atoms with Crippen LogP contribution in [0.3, 0.4) is 0 Å². The van der Waals surface area contributed by atoms with Gasteiger partial charge in [0, 0.05) is 0 Å². The summed E-state index contributed by atoms with van der Waals surface area (Å²) in [6.45, 7) is 2.64. The largest absolute Gasteiger partial charge is 0.221 e.